The summed E-state index contributed by atoms with van der Waals surface area (Å²) in [4.78, 5) is 10.9. The molecule has 0 aliphatic rings. The molecule has 26 heavy (non-hydrogen) atoms. The lowest BCUT2D eigenvalue weighted by Crippen LogP contribution is -2.20. The molecular weight excluding hydrogens is 322 g/mol. The lowest BCUT2D eigenvalue weighted by atomic mass is 10.1. The molecule has 0 amide bonds. The first-order valence-corrected chi connectivity index (χ1v) is 8.93. The van der Waals surface area contributed by atoms with E-state index in [4.69, 9.17) is 5.73 Å². The molecule has 0 aliphatic carbocycles. The predicted octanol–water partition coefficient (Wildman–Crippen LogP) is 4.83. The predicted molar refractivity (Wildman–Crippen MR) is 109 cm³/mol. The molecule has 3 aromatic rings. The molecular formula is C21H25N5. The van der Waals surface area contributed by atoms with Crippen LogP contribution >= 0.6 is 0 Å². The van der Waals surface area contributed by atoms with Crippen molar-refractivity contribution in [2.75, 3.05) is 22.5 Å². The van der Waals surface area contributed by atoms with Gasteiger partial charge in [0.1, 0.15) is 12.0 Å². The third-order valence-electron chi connectivity index (χ3n) is 4.37. The van der Waals surface area contributed by atoms with E-state index in [0.717, 1.165) is 24.3 Å². The molecule has 0 saturated heterocycles. The maximum atomic E-state index is 6.41. The second kappa shape index (κ2) is 7.87. The van der Waals surface area contributed by atoms with Crippen molar-refractivity contribution in [2.45, 2.75) is 27.2 Å². The molecule has 0 aliphatic heterocycles. The van der Waals surface area contributed by atoms with Gasteiger partial charge in [0.05, 0.1) is 0 Å². The van der Waals surface area contributed by atoms with Gasteiger partial charge in [0.15, 0.2) is 11.6 Å². The average Bonchev–Trinajstić information content (AvgIpc) is 2.66. The molecule has 1 aromatic heterocycles. The summed E-state index contributed by atoms with van der Waals surface area (Å²) in [5.74, 6) is 1.33. The van der Waals surface area contributed by atoms with Gasteiger partial charge in [-0.05, 0) is 55.7 Å². The molecule has 5 heteroatoms. The van der Waals surface area contributed by atoms with Crippen molar-refractivity contribution in [3.8, 4) is 0 Å². The second-order valence-electron chi connectivity index (χ2n) is 6.22. The fraction of sp³-hybridized carbons (Fsp3) is 0.238. The van der Waals surface area contributed by atoms with Crippen LogP contribution in [-0.2, 0) is 6.42 Å². The number of aromatic nitrogens is 2. The number of nitrogens with two attached hydrogens (primary N) is 1. The summed E-state index contributed by atoms with van der Waals surface area (Å²) in [5, 5.41) is 3.30. The van der Waals surface area contributed by atoms with Gasteiger partial charge in [0, 0.05) is 17.9 Å². The monoisotopic (exact) mass is 347 g/mol. The van der Waals surface area contributed by atoms with Crippen LogP contribution in [0.25, 0.3) is 0 Å². The first-order chi connectivity index (χ1) is 12.6. The van der Waals surface area contributed by atoms with Gasteiger partial charge < -0.3 is 16.0 Å². The Hall–Kier alpha value is -3.08. The Bertz CT molecular complexity index is 874. The van der Waals surface area contributed by atoms with Gasteiger partial charge >= 0.3 is 0 Å². The van der Waals surface area contributed by atoms with Crippen molar-refractivity contribution in [1.29, 1.82) is 0 Å². The van der Waals surface area contributed by atoms with Crippen LogP contribution in [0.5, 0.6) is 0 Å². The number of anilines is 5. The topological polar surface area (TPSA) is 67.1 Å². The molecule has 5 nitrogen and oxygen atoms in total. The molecule has 0 radical (unpaired) electrons. The normalized spacial score (nSPS) is 10.6. The number of nitrogen functional groups attached to an aromatic ring is 1. The van der Waals surface area contributed by atoms with Gasteiger partial charge in [-0.25, -0.2) is 9.97 Å². The highest BCUT2D eigenvalue weighted by Crippen LogP contribution is 2.33. The largest absolute Gasteiger partial charge is 0.393 e. The fourth-order valence-corrected chi connectivity index (χ4v) is 2.91. The minimum atomic E-state index is 0.537. The van der Waals surface area contributed by atoms with Crippen molar-refractivity contribution in [3.05, 3.63) is 66.0 Å². The maximum Gasteiger partial charge on any atom is 0.161 e. The quantitative estimate of drug-likeness (QED) is 0.668. The number of rotatable bonds is 6. The lowest BCUT2D eigenvalue weighted by molar-refractivity contribution is 0.979. The fourth-order valence-electron chi connectivity index (χ4n) is 2.91. The van der Waals surface area contributed by atoms with E-state index in [1.807, 2.05) is 18.2 Å². The SMILES string of the molecule is CCc1ccc(Nc2ncnc(N(CC)c3cccc(C)c3)c2N)cc1. The van der Waals surface area contributed by atoms with Crippen molar-refractivity contribution in [1.82, 2.24) is 9.97 Å². The zero-order valence-electron chi connectivity index (χ0n) is 15.5. The second-order valence-corrected chi connectivity index (χ2v) is 6.22. The highest BCUT2D eigenvalue weighted by Gasteiger charge is 2.16. The van der Waals surface area contributed by atoms with Gasteiger partial charge in [0.2, 0.25) is 0 Å². The van der Waals surface area contributed by atoms with Gasteiger partial charge in [-0.2, -0.15) is 0 Å². The minimum absolute atomic E-state index is 0.537. The van der Waals surface area contributed by atoms with E-state index in [-0.39, 0.29) is 0 Å². The highest BCUT2D eigenvalue weighted by atomic mass is 15.2. The van der Waals surface area contributed by atoms with Crippen molar-refractivity contribution < 1.29 is 0 Å². The van der Waals surface area contributed by atoms with Gasteiger partial charge in [-0.15, -0.1) is 0 Å². The molecule has 0 unspecified atom stereocenters. The molecule has 0 atom stereocenters. The van der Waals surface area contributed by atoms with Gasteiger partial charge in [-0.1, -0.05) is 31.2 Å². The van der Waals surface area contributed by atoms with Crippen molar-refractivity contribution in [2.24, 2.45) is 0 Å². The van der Waals surface area contributed by atoms with E-state index in [1.54, 1.807) is 6.33 Å². The van der Waals surface area contributed by atoms with E-state index in [9.17, 15) is 0 Å². The summed E-state index contributed by atoms with van der Waals surface area (Å²) in [6.07, 6.45) is 2.56. The van der Waals surface area contributed by atoms with Crippen LogP contribution in [0.3, 0.4) is 0 Å². The Kier molecular flexibility index (Phi) is 5.37. The Morgan fingerprint density at radius 1 is 1.04 bits per heavy atom. The van der Waals surface area contributed by atoms with Gasteiger partial charge in [0.25, 0.3) is 0 Å². The smallest absolute Gasteiger partial charge is 0.161 e. The number of benzene rings is 2. The van der Waals surface area contributed by atoms with Crippen LogP contribution in [-0.4, -0.2) is 16.5 Å². The maximum absolute atomic E-state index is 6.41. The van der Waals surface area contributed by atoms with Crippen LogP contribution in [0.1, 0.15) is 25.0 Å². The Morgan fingerprint density at radius 3 is 2.46 bits per heavy atom. The third-order valence-corrected chi connectivity index (χ3v) is 4.37. The Balaban J connectivity index is 1.92. The molecule has 0 fully saturated rings. The zero-order chi connectivity index (χ0) is 18.5. The summed E-state index contributed by atoms with van der Waals surface area (Å²) >= 11 is 0. The summed E-state index contributed by atoms with van der Waals surface area (Å²) in [7, 11) is 0. The molecule has 3 rings (SSSR count). The van der Waals surface area contributed by atoms with Crippen LogP contribution in [0.4, 0.5) is 28.7 Å². The number of nitrogens with zero attached hydrogens (tertiary/aromatic N) is 3. The van der Waals surface area contributed by atoms with Crippen LogP contribution in [0, 0.1) is 6.92 Å². The summed E-state index contributed by atoms with van der Waals surface area (Å²) in [5.41, 5.74) is 11.5. The molecule has 0 spiro atoms. The molecule has 0 saturated carbocycles. The Labute approximate surface area is 154 Å². The molecule has 134 valence electrons. The van der Waals surface area contributed by atoms with E-state index in [1.165, 1.54) is 11.1 Å². The first kappa shape index (κ1) is 17.7. The average molecular weight is 347 g/mol. The van der Waals surface area contributed by atoms with Crippen LogP contribution in [0.2, 0.25) is 0 Å². The van der Waals surface area contributed by atoms with Crippen LogP contribution in [0.15, 0.2) is 54.9 Å². The van der Waals surface area contributed by atoms with Gasteiger partial charge in [-0.3, -0.25) is 0 Å². The van der Waals surface area contributed by atoms with E-state index in [0.29, 0.717) is 17.3 Å². The number of nitrogens with one attached hydrogen (secondary N) is 1. The molecule has 2 aromatic carbocycles. The van der Waals surface area contributed by atoms with E-state index >= 15 is 0 Å². The van der Waals surface area contributed by atoms with Crippen molar-refractivity contribution in [3.63, 3.8) is 0 Å². The lowest BCUT2D eigenvalue weighted by Gasteiger charge is -2.24. The van der Waals surface area contributed by atoms with E-state index < -0.39 is 0 Å². The first-order valence-electron chi connectivity index (χ1n) is 8.93. The Morgan fingerprint density at radius 2 is 1.81 bits per heavy atom. The third kappa shape index (κ3) is 3.77. The summed E-state index contributed by atoms with van der Waals surface area (Å²) in [6.45, 7) is 7.06. The minimum Gasteiger partial charge on any atom is -0.393 e. The summed E-state index contributed by atoms with van der Waals surface area (Å²) < 4.78 is 0. The standard InChI is InChI=1S/C21H25N5/c1-4-16-9-11-17(12-10-16)25-20-19(22)21(24-14-23-20)26(5-2)18-8-6-7-15(3)13-18/h6-14H,4-5,22H2,1-3H3,(H,23,24,25). The number of aryl methyl sites for hydroxylation is 2. The van der Waals surface area contributed by atoms with E-state index in [2.05, 4.69) is 71.3 Å². The summed E-state index contributed by atoms with van der Waals surface area (Å²) in [6, 6.07) is 16.6. The molecule has 3 N–H and O–H groups in total. The molecule has 0 bridgehead atoms. The zero-order valence-corrected chi connectivity index (χ0v) is 15.5. The number of hydrogen-bond donors (Lipinski definition) is 2. The number of hydrogen-bond acceptors (Lipinski definition) is 5. The highest BCUT2D eigenvalue weighted by molar-refractivity contribution is 5.81. The van der Waals surface area contributed by atoms with Crippen LogP contribution < -0.4 is 16.0 Å². The van der Waals surface area contributed by atoms with Crippen molar-refractivity contribution >= 4 is 28.7 Å². The molecule has 1 heterocycles.